The van der Waals surface area contributed by atoms with Crippen LogP contribution in [0.3, 0.4) is 0 Å². The van der Waals surface area contributed by atoms with Gasteiger partial charge in [0.1, 0.15) is 5.82 Å². The Morgan fingerprint density at radius 3 is 2.52 bits per heavy atom. The Hall–Kier alpha value is -2.99. The lowest BCUT2D eigenvalue weighted by atomic mass is 10.2. The highest BCUT2D eigenvalue weighted by molar-refractivity contribution is 5.82. The van der Waals surface area contributed by atoms with E-state index in [1.165, 1.54) is 0 Å². The second kappa shape index (κ2) is 8.60. The zero-order valence-electron chi connectivity index (χ0n) is 15.7. The van der Waals surface area contributed by atoms with Crippen molar-refractivity contribution in [1.82, 2.24) is 14.5 Å². The highest BCUT2D eigenvalue weighted by Gasteiger charge is 2.14. The van der Waals surface area contributed by atoms with Crippen molar-refractivity contribution in [3.8, 4) is 0 Å². The Labute approximate surface area is 158 Å². The Kier molecular flexibility index (Phi) is 5.98. The number of nitro groups is 1. The molecule has 0 bridgehead atoms. The summed E-state index contributed by atoms with van der Waals surface area (Å²) in [6.45, 7) is 7.96. The SMILES string of the molecule is CCN(CC)CCn1c(/C=C/c2ccccc2)nc2cc([N+](=O)[O-])ccc21. The maximum absolute atomic E-state index is 11.1. The van der Waals surface area contributed by atoms with Gasteiger partial charge in [-0.15, -0.1) is 0 Å². The van der Waals surface area contributed by atoms with Gasteiger partial charge in [0.05, 0.1) is 16.0 Å². The molecule has 0 saturated carbocycles. The van der Waals surface area contributed by atoms with Gasteiger partial charge in [-0.2, -0.15) is 0 Å². The maximum atomic E-state index is 11.1. The molecule has 3 aromatic rings. The highest BCUT2D eigenvalue weighted by Crippen LogP contribution is 2.23. The topological polar surface area (TPSA) is 64.2 Å². The van der Waals surface area contributed by atoms with Crippen LogP contribution in [0.1, 0.15) is 25.2 Å². The summed E-state index contributed by atoms with van der Waals surface area (Å²) in [6, 6.07) is 14.9. The van der Waals surface area contributed by atoms with E-state index in [0.717, 1.165) is 43.1 Å². The summed E-state index contributed by atoms with van der Waals surface area (Å²) in [6.07, 6.45) is 3.99. The van der Waals surface area contributed by atoms with Crippen LogP contribution in [-0.2, 0) is 6.54 Å². The van der Waals surface area contributed by atoms with Crippen LogP contribution >= 0.6 is 0 Å². The van der Waals surface area contributed by atoms with Gasteiger partial charge in [-0.05, 0) is 30.8 Å². The molecule has 140 valence electrons. The summed E-state index contributed by atoms with van der Waals surface area (Å²) in [4.78, 5) is 17.7. The van der Waals surface area contributed by atoms with Crippen molar-refractivity contribution < 1.29 is 4.92 Å². The lowest BCUT2D eigenvalue weighted by Crippen LogP contribution is -2.27. The molecule has 27 heavy (non-hydrogen) atoms. The van der Waals surface area contributed by atoms with E-state index in [9.17, 15) is 10.1 Å². The minimum Gasteiger partial charge on any atom is -0.323 e. The Bertz CT molecular complexity index is 943. The van der Waals surface area contributed by atoms with Crippen LogP contribution in [0.15, 0.2) is 48.5 Å². The van der Waals surface area contributed by atoms with Crippen molar-refractivity contribution in [3.63, 3.8) is 0 Å². The van der Waals surface area contributed by atoms with E-state index in [0.29, 0.717) is 5.52 Å². The van der Waals surface area contributed by atoms with Crippen molar-refractivity contribution >= 4 is 28.9 Å². The van der Waals surface area contributed by atoms with E-state index in [4.69, 9.17) is 0 Å². The van der Waals surface area contributed by atoms with Gasteiger partial charge >= 0.3 is 0 Å². The summed E-state index contributed by atoms with van der Waals surface area (Å²) in [5.41, 5.74) is 2.72. The fraction of sp³-hybridized carbons (Fsp3) is 0.286. The van der Waals surface area contributed by atoms with Crippen LogP contribution in [0.2, 0.25) is 0 Å². The Morgan fingerprint density at radius 2 is 1.85 bits per heavy atom. The third kappa shape index (κ3) is 4.41. The number of imidazole rings is 1. The van der Waals surface area contributed by atoms with Gasteiger partial charge in [0.2, 0.25) is 0 Å². The molecule has 0 spiro atoms. The van der Waals surface area contributed by atoms with Crippen LogP contribution in [0.25, 0.3) is 23.2 Å². The zero-order chi connectivity index (χ0) is 19.2. The summed E-state index contributed by atoms with van der Waals surface area (Å²) >= 11 is 0. The first-order chi connectivity index (χ1) is 13.1. The van der Waals surface area contributed by atoms with E-state index in [1.54, 1.807) is 18.2 Å². The first-order valence-corrected chi connectivity index (χ1v) is 9.22. The Balaban J connectivity index is 1.99. The average Bonchev–Trinajstić information content (AvgIpc) is 3.04. The number of aromatic nitrogens is 2. The van der Waals surface area contributed by atoms with Gasteiger partial charge in [0.25, 0.3) is 5.69 Å². The molecule has 0 saturated heterocycles. The zero-order valence-corrected chi connectivity index (χ0v) is 15.7. The summed E-state index contributed by atoms with van der Waals surface area (Å²) in [5, 5.41) is 11.1. The molecule has 0 unspecified atom stereocenters. The van der Waals surface area contributed by atoms with E-state index in [2.05, 4.69) is 28.3 Å². The third-order valence-corrected chi connectivity index (χ3v) is 4.73. The largest absolute Gasteiger partial charge is 0.323 e. The lowest BCUT2D eigenvalue weighted by molar-refractivity contribution is -0.384. The summed E-state index contributed by atoms with van der Waals surface area (Å²) in [5.74, 6) is 0.807. The van der Waals surface area contributed by atoms with Crippen LogP contribution in [0, 0.1) is 10.1 Å². The fourth-order valence-electron chi connectivity index (χ4n) is 3.13. The van der Waals surface area contributed by atoms with Gasteiger partial charge in [0, 0.05) is 25.2 Å². The maximum Gasteiger partial charge on any atom is 0.271 e. The summed E-state index contributed by atoms with van der Waals surface area (Å²) < 4.78 is 2.14. The van der Waals surface area contributed by atoms with Crippen LogP contribution < -0.4 is 0 Å². The predicted molar refractivity (Wildman–Crippen MR) is 110 cm³/mol. The molecule has 0 aliphatic carbocycles. The van der Waals surface area contributed by atoms with Gasteiger partial charge < -0.3 is 9.47 Å². The van der Waals surface area contributed by atoms with E-state index in [-0.39, 0.29) is 10.6 Å². The van der Waals surface area contributed by atoms with Gasteiger partial charge in [0.15, 0.2) is 0 Å². The van der Waals surface area contributed by atoms with Crippen molar-refractivity contribution in [1.29, 1.82) is 0 Å². The van der Waals surface area contributed by atoms with Crippen LogP contribution in [0.5, 0.6) is 0 Å². The summed E-state index contributed by atoms with van der Waals surface area (Å²) in [7, 11) is 0. The molecule has 2 aromatic carbocycles. The normalized spacial score (nSPS) is 11.7. The molecule has 0 aliphatic rings. The van der Waals surface area contributed by atoms with Gasteiger partial charge in [-0.3, -0.25) is 10.1 Å². The van der Waals surface area contributed by atoms with E-state index < -0.39 is 0 Å². The Morgan fingerprint density at radius 1 is 1.11 bits per heavy atom. The molecule has 1 heterocycles. The standard InChI is InChI=1S/C21H24N4O2/c1-3-23(4-2)14-15-24-20-12-11-18(25(26)27)16-19(20)22-21(24)13-10-17-8-6-5-7-9-17/h5-13,16H,3-4,14-15H2,1-2H3/b13-10+. The fourth-order valence-corrected chi connectivity index (χ4v) is 3.13. The smallest absolute Gasteiger partial charge is 0.271 e. The van der Waals surface area contributed by atoms with Crippen molar-refractivity contribution in [2.45, 2.75) is 20.4 Å². The number of nitro benzene ring substituents is 1. The van der Waals surface area contributed by atoms with Crippen molar-refractivity contribution in [2.75, 3.05) is 19.6 Å². The molecule has 3 rings (SSSR count). The lowest BCUT2D eigenvalue weighted by Gasteiger charge is -2.19. The van der Waals surface area contributed by atoms with E-state index >= 15 is 0 Å². The second-order valence-electron chi connectivity index (χ2n) is 6.32. The highest BCUT2D eigenvalue weighted by atomic mass is 16.6. The molecular weight excluding hydrogens is 340 g/mol. The molecule has 6 nitrogen and oxygen atoms in total. The number of non-ortho nitro benzene ring substituents is 1. The van der Waals surface area contributed by atoms with Gasteiger partial charge in [-0.25, -0.2) is 4.98 Å². The number of nitrogens with zero attached hydrogens (tertiary/aromatic N) is 4. The molecule has 0 atom stereocenters. The average molecular weight is 364 g/mol. The number of likely N-dealkylation sites (N-methyl/N-ethyl adjacent to an activating group) is 1. The molecule has 0 radical (unpaired) electrons. The van der Waals surface area contributed by atoms with Crippen LogP contribution in [-0.4, -0.2) is 39.0 Å². The minimum atomic E-state index is -0.381. The number of hydrogen-bond acceptors (Lipinski definition) is 4. The first-order valence-electron chi connectivity index (χ1n) is 9.22. The molecule has 0 fully saturated rings. The molecule has 0 amide bonds. The van der Waals surface area contributed by atoms with Crippen molar-refractivity contribution in [2.24, 2.45) is 0 Å². The number of fused-ring (bicyclic) bond motifs is 1. The first kappa shape index (κ1) is 18.8. The van der Waals surface area contributed by atoms with Gasteiger partial charge in [-0.1, -0.05) is 50.3 Å². The molecular formula is C21H24N4O2. The molecule has 0 aliphatic heterocycles. The van der Waals surface area contributed by atoms with E-state index in [1.807, 2.05) is 42.5 Å². The van der Waals surface area contributed by atoms with Crippen LogP contribution in [0.4, 0.5) is 5.69 Å². The minimum absolute atomic E-state index is 0.0643. The monoisotopic (exact) mass is 364 g/mol. The molecule has 6 heteroatoms. The number of hydrogen-bond donors (Lipinski definition) is 0. The number of rotatable bonds is 8. The predicted octanol–water partition coefficient (Wildman–Crippen LogP) is 4.46. The third-order valence-electron chi connectivity index (χ3n) is 4.73. The number of benzene rings is 2. The second-order valence-corrected chi connectivity index (χ2v) is 6.32. The molecule has 1 aromatic heterocycles. The molecule has 0 N–H and O–H groups in total. The quantitative estimate of drug-likeness (QED) is 0.437. The van der Waals surface area contributed by atoms with Crippen molar-refractivity contribution in [3.05, 3.63) is 70.0 Å².